The van der Waals surface area contributed by atoms with Gasteiger partial charge in [-0.25, -0.2) is 0 Å². The van der Waals surface area contributed by atoms with E-state index in [-0.39, 0.29) is 11.6 Å². The quantitative estimate of drug-likeness (QED) is 0.429. The predicted molar refractivity (Wildman–Crippen MR) is 144 cm³/mol. The van der Waals surface area contributed by atoms with E-state index in [1.165, 1.54) is 0 Å². The Labute approximate surface area is 202 Å². The fourth-order valence-corrected chi connectivity index (χ4v) is 4.49. The fourth-order valence-electron chi connectivity index (χ4n) is 4.49. The lowest BCUT2D eigenvalue weighted by Crippen LogP contribution is -2.18. The van der Waals surface area contributed by atoms with Crippen LogP contribution in [-0.4, -0.2) is 21.5 Å². The van der Waals surface area contributed by atoms with Crippen molar-refractivity contribution in [1.82, 2.24) is 9.97 Å². The number of carbonyl (C=O) groups is 2. The van der Waals surface area contributed by atoms with Gasteiger partial charge < -0.3 is 9.97 Å². The molecule has 0 atom stereocenters. The molecular weight excluding hydrogens is 420 g/mol. The first-order valence-corrected chi connectivity index (χ1v) is 12.5. The molecule has 2 N–H and O–H groups in total. The number of aromatic nitrogens is 2. The van der Waals surface area contributed by atoms with E-state index in [4.69, 9.17) is 0 Å². The molecule has 2 aromatic carbocycles. The van der Waals surface area contributed by atoms with Crippen LogP contribution in [0.2, 0.25) is 0 Å². The average Bonchev–Trinajstić information content (AvgIpc) is 2.77. The van der Waals surface area contributed by atoms with Crippen molar-refractivity contribution in [2.75, 3.05) is 0 Å². The number of unbranched alkanes of at least 4 members (excludes halogenated alkanes) is 2. The smallest absolute Gasteiger partial charge is 0.157 e. The number of hydrogen-bond donors (Lipinski definition) is 2. The lowest BCUT2D eigenvalue weighted by atomic mass is 10.0. The van der Waals surface area contributed by atoms with Crippen LogP contribution in [0.15, 0.2) is 24.3 Å². The second-order valence-corrected chi connectivity index (χ2v) is 9.51. The maximum absolute atomic E-state index is 12.8. The van der Waals surface area contributed by atoms with Gasteiger partial charge in [0.25, 0.3) is 0 Å². The Kier molecular flexibility index (Phi) is 8.49. The van der Waals surface area contributed by atoms with Gasteiger partial charge in [-0.1, -0.05) is 49.9 Å². The van der Waals surface area contributed by atoms with Gasteiger partial charge in [0.1, 0.15) is 0 Å². The summed E-state index contributed by atoms with van der Waals surface area (Å²) in [6.07, 6.45) is 8.29. The SMILES string of the molecule is CCCCC(=O)/C=c1/[nH]c2c(C)cc(C)cc2/c(=C\C(=O)CCCC)[nH]c2c(C)cc(C)cc12. The number of hydrogen-bond acceptors (Lipinski definition) is 2. The fraction of sp³-hybridized carbons (Fsp3) is 0.400. The number of benzene rings is 2. The molecule has 34 heavy (non-hydrogen) atoms. The van der Waals surface area contributed by atoms with Crippen molar-refractivity contribution in [3.8, 4) is 0 Å². The molecular formula is C30H38N2O2. The van der Waals surface area contributed by atoms with Crippen LogP contribution in [-0.2, 0) is 9.59 Å². The summed E-state index contributed by atoms with van der Waals surface area (Å²) in [6, 6.07) is 8.46. The molecule has 0 aliphatic rings. The number of Topliss-reactive ketones (excluding diaryl/α,β-unsaturated/α-hetero) is 2. The Morgan fingerprint density at radius 2 is 1.06 bits per heavy atom. The second kappa shape index (κ2) is 11.3. The Hall–Kier alpha value is -3.14. The maximum Gasteiger partial charge on any atom is 0.157 e. The number of carbonyl (C=O) groups excluding carboxylic acids is 2. The Bertz CT molecular complexity index is 1290. The van der Waals surface area contributed by atoms with Gasteiger partial charge in [0, 0.05) is 35.8 Å². The zero-order valence-electron chi connectivity index (χ0n) is 21.5. The Morgan fingerprint density at radius 3 is 1.41 bits per heavy atom. The second-order valence-electron chi connectivity index (χ2n) is 9.51. The molecule has 0 saturated carbocycles. The molecule has 3 rings (SSSR count). The van der Waals surface area contributed by atoms with Gasteiger partial charge >= 0.3 is 0 Å². The molecule has 0 aliphatic heterocycles. The van der Waals surface area contributed by atoms with Crippen LogP contribution in [0, 0.1) is 27.7 Å². The molecule has 1 heterocycles. The van der Waals surface area contributed by atoms with Crippen molar-refractivity contribution < 1.29 is 9.59 Å². The van der Waals surface area contributed by atoms with E-state index in [1.54, 1.807) is 12.2 Å². The molecule has 0 amide bonds. The minimum Gasteiger partial charge on any atom is -0.354 e. The van der Waals surface area contributed by atoms with Gasteiger partial charge in [0.15, 0.2) is 11.6 Å². The van der Waals surface area contributed by atoms with Gasteiger partial charge in [-0.05, 0) is 63.8 Å². The summed E-state index contributed by atoms with van der Waals surface area (Å²) in [5.74, 6) is 0.235. The summed E-state index contributed by atoms with van der Waals surface area (Å²) in [5, 5.41) is 3.47. The van der Waals surface area contributed by atoms with E-state index in [0.29, 0.717) is 12.8 Å². The first kappa shape index (κ1) is 25.5. The van der Waals surface area contributed by atoms with Crippen molar-refractivity contribution in [3.05, 3.63) is 57.2 Å². The monoisotopic (exact) mass is 458 g/mol. The Morgan fingerprint density at radius 1 is 0.676 bits per heavy atom. The van der Waals surface area contributed by atoms with Crippen LogP contribution >= 0.6 is 0 Å². The van der Waals surface area contributed by atoms with E-state index in [9.17, 15) is 9.59 Å². The van der Waals surface area contributed by atoms with Crippen molar-refractivity contribution in [3.63, 3.8) is 0 Å². The van der Waals surface area contributed by atoms with E-state index in [1.807, 2.05) is 0 Å². The topological polar surface area (TPSA) is 65.7 Å². The summed E-state index contributed by atoms with van der Waals surface area (Å²) < 4.78 is 0. The molecule has 0 radical (unpaired) electrons. The van der Waals surface area contributed by atoms with Gasteiger partial charge in [0.2, 0.25) is 0 Å². The number of nitrogens with one attached hydrogen (secondary N) is 2. The summed E-state index contributed by atoms with van der Waals surface area (Å²) in [7, 11) is 0. The van der Waals surface area contributed by atoms with Crippen molar-refractivity contribution in [2.45, 2.75) is 80.1 Å². The third-order valence-corrected chi connectivity index (χ3v) is 6.22. The number of aromatic amines is 2. The molecule has 0 bridgehead atoms. The van der Waals surface area contributed by atoms with Crippen LogP contribution in [0.1, 0.15) is 74.6 Å². The largest absolute Gasteiger partial charge is 0.354 e. The lowest BCUT2D eigenvalue weighted by Gasteiger charge is -2.09. The molecule has 0 saturated heterocycles. The molecule has 1 aromatic heterocycles. The predicted octanol–water partition coefficient (Wildman–Crippen LogP) is 6.09. The van der Waals surface area contributed by atoms with Gasteiger partial charge in [0.05, 0.1) is 21.7 Å². The zero-order chi connectivity index (χ0) is 24.8. The summed E-state index contributed by atoms with van der Waals surface area (Å²) >= 11 is 0. The third kappa shape index (κ3) is 6.05. The van der Waals surface area contributed by atoms with Crippen LogP contribution in [0.5, 0.6) is 0 Å². The maximum atomic E-state index is 12.8. The first-order valence-electron chi connectivity index (χ1n) is 12.5. The number of ketones is 2. The van der Waals surface area contributed by atoms with Gasteiger partial charge in [-0.2, -0.15) is 0 Å². The highest BCUT2D eigenvalue weighted by molar-refractivity contribution is 6.08. The average molecular weight is 459 g/mol. The number of aryl methyl sites for hydroxylation is 4. The van der Waals surface area contributed by atoms with Crippen molar-refractivity contribution >= 4 is 45.5 Å². The van der Waals surface area contributed by atoms with E-state index >= 15 is 0 Å². The molecule has 0 unspecified atom stereocenters. The first-order chi connectivity index (χ1) is 16.2. The molecule has 4 nitrogen and oxygen atoms in total. The molecule has 0 fully saturated rings. The van der Waals surface area contributed by atoms with Crippen LogP contribution < -0.4 is 10.7 Å². The zero-order valence-corrected chi connectivity index (χ0v) is 21.5. The van der Waals surface area contributed by atoms with Crippen LogP contribution in [0.25, 0.3) is 34.0 Å². The summed E-state index contributed by atoms with van der Waals surface area (Å²) in [4.78, 5) is 32.8. The van der Waals surface area contributed by atoms with E-state index in [0.717, 1.165) is 80.4 Å². The van der Waals surface area contributed by atoms with Crippen molar-refractivity contribution in [1.29, 1.82) is 0 Å². The van der Waals surface area contributed by atoms with E-state index in [2.05, 4.69) is 75.8 Å². The van der Waals surface area contributed by atoms with Gasteiger partial charge in [-0.15, -0.1) is 0 Å². The van der Waals surface area contributed by atoms with E-state index < -0.39 is 0 Å². The van der Waals surface area contributed by atoms with Gasteiger partial charge in [-0.3, -0.25) is 9.59 Å². The Balaban J connectivity index is 2.55. The summed E-state index contributed by atoms with van der Waals surface area (Å²) in [6.45, 7) is 12.5. The highest BCUT2D eigenvalue weighted by Gasteiger charge is 2.07. The minimum absolute atomic E-state index is 0.117. The molecule has 3 aromatic rings. The standard InChI is InChI=1S/C30H38N2O2/c1-7-9-11-23(33)17-27-25-15-19(3)13-21(5)29(25)32-28(18-24(34)12-10-8-2)26-16-20(4)14-22(6)30(26)31-27/h13-18,31-32H,7-12H2,1-6H3/b27-17+,28-18+. The third-order valence-electron chi connectivity index (χ3n) is 6.22. The number of fused-ring (bicyclic) bond motifs is 2. The highest BCUT2D eigenvalue weighted by Crippen LogP contribution is 2.17. The minimum atomic E-state index is 0.117. The van der Waals surface area contributed by atoms with Crippen LogP contribution in [0.4, 0.5) is 0 Å². The number of H-pyrrole nitrogens is 2. The molecule has 0 aliphatic carbocycles. The number of rotatable bonds is 8. The summed E-state index contributed by atoms with van der Waals surface area (Å²) in [5.41, 5.74) is 6.24. The molecule has 0 spiro atoms. The molecule has 180 valence electrons. The molecule has 4 heteroatoms. The van der Waals surface area contributed by atoms with Crippen molar-refractivity contribution in [2.24, 2.45) is 0 Å². The lowest BCUT2D eigenvalue weighted by molar-refractivity contribution is -0.114. The highest BCUT2D eigenvalue weighted by atomic mass is 16.1. The van der Waals surface area contributed by atoms with Crippen LogP contribution in [0.3, 0.4) is 0 Å². The normalized spacial score (nSPS) is 12.5.